The molecule has 138 valence electrons. The molecule has 1 atom stereocenters. The monoisotopic (exact) mass is 363 g/mol. The maximum Gasteiger partial charge on any atom is 0.254 e. The van der Waals surface area contributed by atoms with Crippen LogP contribution in [0, 0.1) is 0 Å². The highest BCUT2D eigenvalue weighted by atomic mass is 16.5. The van der Waals surface area contributed by atoms with Gasteiger partial charge in [-0.3, -0.25) is 9.36 Å². The SMILES string of the molecule is O=C(c1ccnc(-n2cnnc2)c1)N1CCC[C@H](OCc2ccccc2)C1. The smallest absolute Gasteiger partial charge is 0.254 e. The van der Waals surface area contributed by atoms with Crippen LogP contribution in [0.15, 0.2) is 61.3 Å². The number of nitrogens with zero attached hydrogens (tertiary/aromatic N) is 5. The second-order valence-electron chi connectivity index (χ2n) is 6.58. The van der Waals surface area contributed by atoms with Crippen LogP contribution >= 0.6 is 0 Å². The Balaban J connectivity index is 1.40. The molecule has 1 aromatic carbocycles. The van der Waals surface area contributed by atoms with Gasteiger partial charge in [-0.1, -0.05) is 30.3 Å². The first kappa shape index (κ1) is 17.4. The molecule has 0 aliphatic carbocycles. The first-order valence-corrected chi connectivity index (χ1v) is 9.05. The lowest BCUT2D eigenvalue weighted by Crippen LogP contribution is -2.43. The first-order valence-electron chi connectivity index (χ1n) is 9.05. The molecule has 1 amide bonds. The third-order valence-corrected chi connectivity index (χ3v) is 4.67. The van der Waals surface area contributed by atoms with E-state index in [9.17, 15) is 4.79 Å². The number of piperidine rings is 1. The fraction of sp³-hybridized carbons (Fsp3) is 0.300. The van der Waals surface area contributed by atoms with Crippen LogP contribution in [0.4, 0.5) is 0 Å². The molecule has 0 radical (unpaired) electrons. The van der Waals surface area contributed by atoms with Gasteiger partial charge in [-0.05, 0) is 30.5 Å². The molecular weight excluding hydrogens is 342 g/mol. The summed E-state index contributed by atoms with van der Waals surface area (Å²) in [6.45, 7) is 1.92. The van der Waals surface area contributed by atoms with Crippen LogP contribution in [0.2, 0.25) is 0 Å². The standard InChI is InChI=1S/C20H21N5O2/c26-20(17-8-9-21-19(11-17)25-14-22-23-15-25)24-10-4-7-18(12-24)27-13-16-5-2-1-3-6-16/h1-3,5-6,8-9,11,14-15,18H,4,7,10,12-13H2/t18-/m0/s1. The Bertz CT molecular complexity index is 882. The molecule has 3 heterocycles. The van der Waals surface area contributed by atoms with Gasteiger partial charge in [0.05, 0.1) is 12.7 Å². The number of hydrogen-bond acceptors (Lipinski definition) is 5. The van der Waals surface area contributed by atoms with E-state index in [-0.39, 0.29) is 12.0 Å². The van der Waals surface area contributed by atoms with Crippen molar-refractivity contribution in [2.24, 2.45) is 0 Å². The van der Waals surface area contributed by atoms with Gasteiger partial charge < -0.3 is 9.64 Å². The summed E-state index contributed by atoms with van der Waals surface area (Å²) in [6, 6.07) is 13.6. The lowest BCUT2D eigenvalue weighted by atomic mass is 10.1. The molecule has 3 aromatic rings. The van der Waals surface area contributed by atoms with Crippen molar-refractivity contribution in [1.82, 2.24) is 24.6 Å². The number of carbonyl (C=O) groups is 1. The minimum absolute atomic E-state index is 0.000245. The van der Waals surface area contributed by atoms with Gasteiger partial charge in [-0.25, -0.2) is 4.98 Å². The fourth-order valence-corrected chi connectivity index (χ4v) is 3.24. The second kappa shape index (κ2) is 8.09. The Hall–Kier alpha value is -3.06. The van der Waals surface area contributed by atoms with Crippen LogP contribution in [0.5, 0.6) is 0 Å². The van der Waals surface area contributed by atoms with Crippen molar-refractivity contribution < 1.29 is 9.53 Å². The Kier molecular flexibility index (Phi) is 5.20. The summed E-state index contributed by atoms with van der Waals surface area (Å²) < 4.78 is 7.72. The molecule has 7 heteroatoms. The van der Waals surface area contributed by atoms with Crippen molar-refractivity contribution in [3.8, 4) is 5.82 Å². The first-order chi connectivity index (χ1) is 13.3. The van der Waals surface area contributed by atoms with Crippen molar-refractivity contribution in [3.63, 3.8) is 0 Å². The summed E-state index contributed by atoms with van der Waals surface area (Å²) in [5, 5.41) is 7.56. The number of hydrogen-bond donors (Lipinski definition) is 0. The van der Waals surface area contributed by atoms with E-state index in [4.69, 9.17) is 4.74 Å². The molecule has 2 aromatic heterocycles. The van der Waals surface area contributed by atoms with Gasteiger partial charge in [0.1, 0.15) is 18.5 Å². The van der Waals surface area contributed by atoms with Gasteiger partial charge in [0.15, 0.2) is 0 Å². The lowest BCUT2D eigenvalue weighted by molar-refractivity contribution is -0.00673. The molecule has 1 fully saturated rings. The molecule has 0 bridgehead atoms. The maximum absolute atomic E-state index is 12.9. The zero-order chi connectivity index (χ0) is 18.5. The molecule has 4 rings (SSSR count). The van der Waals surface area contributed by atoms with Crippen LogP contribution in [-0.4, -0.2) is 49.7 Å². The summed E-state index contributed by atoms with van der Waals surface area (Å²) in [7, 11) is 0. The summed E-state index contributed by atoms with van der Waals surface area (Å²) >= 11 is 0. The molecule has 1 aliphatic rings. The molecule has 7 nitrogen and oxygen atoms in total. The molecule has 0 unspecified atom stereocenters. The number of aromatic nitrogens is 4. The van der Waals surface area contributed by atoms with Gasteiger partial charge >= 0.3 is 0 Å². The third kappa shape index (κ3) is 4.20. The number of benzene rings is 1. The summed E-state index contributed by atoms with van der Waals surface area (Å²) in [6.07, 6.45) is 6.72. The summed E-state index contributed by atoms with van der Waals surface area (Å²) in [5.74, 6) is 0.625. The third-order valence-electron chi connectivity index (χ3n) is 4.67. The second-order valence-corrected chi connectivity index (χ2v) is 6.58. The Morgan fingerprint density at radius 1 is 1.15 bits per heavy atom. The fourth-order valence-electron chi connectivity index (χ4n) is 3.24. The van der Waals surface area contributed by atoms with Crippen LogP contribution < -0.4 is 0 Å². The van der Waals surface area contributed by atoms with Gasteiger partial charge in [-0.15, -0.1) is 10.2 Å². The Morgan fingerprint density at radius 3 is 2.78 bits per heavy atom. The number of rotatable bonds is 5. The summed E-state index contributed by atoms with van der Waals surface area (Å²) in [5.41, 5.74) is 1.76. The van der Waals surface area contributed by atoms with E-state index in [1.807, 2.05) is 23.1 Å². The van der Waals surface area contributed by atoms with Crippen molar-refractivity contribution >= 4 is 5.91 Å². The Labute approximate surface area is 157 Å². The highest BCUT2D eigenvalue weighted by Gasteiger charge is 2.25. The van der Waals surface area contributed by atoms with Crippen molar-refractivity contribution in [3.05, 3.63) is 72.4 Å². The van der Waals surface area contributed by atoms with E-state index < -0.39 is 0 Å². The van der Waals surface area contributed by atoms with E-state index in [0.29, 0.717) is 24.5 Å². The minimum Gasteiger partial charge on any atom is -0.372 e. The highest BCUT2D eigenvalue weighted by Crippen LogP contribution is 2.18. The topological polar surface area (TPSA) is 73.1 Å². The van der Waals surface area contributed by atoms with E-state index in [1.54, 1.807) is 35.6 Å². The largest absolute Gasteiger partial charge is 0.372 e. The normalized spacial score (nSPS) is 17.0. The van der Waals surface area contributed by atoms with Crippen molar-refractivity contribution in [2.75, 3.05) is 13.1 Å². The van der Waals surface area contributed by atoms with Gasteiger partial charge in [0.25, 0.3) is 5.91 Å². The number of carbonyl (C=O) groups excluding carboxylic acids is 1. The predicted molar refractivity (Wildman–Crippen MR) is 99.3 cm³/mol. The van der Waals surface area contributed by atoms with Crippen LogP contribution in [0.1, 0.15) is 28.8 Å². The predicted octanol–water partition coefficient (Wildman–Crippen LogP) is 2.48. The number of amides is 1. The van der Waals surface area contributed by atoms with Crippen molar-refractivity contribution in [2.45, 2.75) is 25.6 Å². The van der Waals surface area contributed by atoms with Crippen LogP contribution in [0.25, 0.3) is 5.82 Å². The van der Waals surface area contributed by atoms with Gasteiger partial charge in [0.2, 0.25) is 0 Å². The highest BCUT2D eigenvalue weighted by molar-refractivity contribution is 5.94. The van der Waals surface area contributed by atoms with Crippen LogP contribution in [0.3, 0.4) is 0 Å². The average molecular weight is 363 g/mol. The number of pyridine rings is 1. The zero-order valence-corrected chi connectivity index (χ0v) is 14.9. The lowest BCUT2D eigenvalue weighted by Gasteiger charge is -2.32. The number of ether oxygens (including phenoxy) is 1. The van der Waals surface area contributed by atoms with Crippen molar-refractivity contribution in [1.29, 1.82) is 0 Å². The van der Waals surface area contributed by atoms with Gasteiger partial charge in [-0.2, -0.15) is 0 Å². The minimum atomic E-state index is -0.000245. The molecule has 0 saturated carbocycles. The molecule has 1 aliphatic heterocycles. The van der Waals surface area contributed by atoms with E-state index in [1.165, 1.54) is 0 Å². The Morgan fingerprint density at radius 2 is 1.96 bits per heavy atom. The molecule has 1 saturated heterocycles. The molecule has 27 heavy (non-hydrogen) atoms. The number of likely N-dealkylation sites (tertiary alicyclic amines) is 1. The molecule has 0 spiro atoms. The molecular formula is C20H21N5O2. The van der Waals surface area contributed by atoms with Crippen LogP contribution in [-0.2, 0) is 11.3 Å². The quantitative estimate of drug-likeness (QED) is 0.696. The van der Waals surface area contributed by atoms with Gasteiger partial charge in [0, 0.05) is 24.8 Å². The maximum atomic E-state index is 12.9. The average Bonchev–Trinajstić information content (AvgIpc) is 3.28. The summed E-state index contributed by atoms with van der Waals surface area (Å²) in [4.78, 5) is 19.1. The molecule has 0 N–H and O–H groups in total. The van der Waals surface area contributed by atoms with E-state index >= 15 is 0 Å². The van der Waals surface area contributed by atoms with E-state index in [2.05, 4.69) is 27.3 Å². The zero-order valence-electron chi connectivity index (χ0n) is 14.9. The van der Waals surface area contributed by atoms with E-state index in [0.717, 1.165) is 24.9 Å².